The molecule has 88 valence electrons. The second-order valence-electron chi connectivity index (χ2n) is 4.37. The number of hydrogen-bond acceptors (Lipinski definition) is 4. The van der Waals surface area contributed by atoms with E-state index in [1.165, 1.54) is 0 Å². The molecule has 5 heteroatoms. The fraction of sp³-hybridized carbons (Fsp3) is 0.636. The van der Waals surface area contributed by atoms with Crippen LogP contribution in [0.15, 0.2) is 4.52 Å². The van der Waals surface area contributed by atoms with Crippen molar-refractivity contribution in [3.8, 4) is 0 Å². The van der Waals surface area contributed by atoms with Crippen molar-refractivity contribution in [1.82, 2.24) is 10.1 Å². The first-order chi connectivity index (χ1) is 7.58. The van der Waals surface area contributed by atoms with Crippen LogP contribution in [0.1, 0.15) is 29.9 Å². The Hall–Kier alpha value is -1.36. The van der Waals surface area contributed by atoms with Gasteiger partial charge in [0.2, 0.25) is 5.91 Å². The summed E-state index contributed by atoms with van der Waals surface area (Å²) in [7, 11) is 0. The van der Waals surface area contributed by atoms with Crippen LogP contribution in [0, 0.1) is 13.8 Å². The Bertz CT molecular complexity index is 380. The summed E-state index contributed by atoms with van der Waals surface area (Å²) in [5.41, 5.74) is 7.62. The number of amides is 1. The molecule has 1 aliphatic rings. The van der Waals surface area contributed by atoms with E-state index in [1.54, 1.807) is 0 Å². The fourth-order valence-electron chi connectivity index (χ4n) is 1.99. The van der Waals surface area contributed by atoms with E-state index >= 15 is 0 Å². The highest BCUT2D eigenvalue weighted by Gasteiger charge is 2.25. The Morgan fingerprint density at radius 1 is 1.56 bits per heavy atom. The molecule has 1 unspecified atom stereocenters. The molecule has 1 saturated heterocycles. The highest BCUT2D eigenvalue weighted by molar-refractivity contribution is 5.77. The average molecular weight is 223 g/mol. The summed E-state index contributed by atoms with van der Waals surface area (Å²) in [6.45, 7) is 5.08. The van der Waals surface area contributed by atoms with Crippen LogP contribution >= 0.6 is 0 Å². The minimum absolute atomic E-state index is 0.0217. The van der Waals surface area contributed by atoms with Crippen LogP contribution in [0.5, 0.6) is 0 Å². The number of aryl methyl sites for hydroxylation is 2. The van der Waals surface area contributed by atoms with Gasteiger partial charge in [-0.1, -0.05) is 5.16 Å². The predicted octanol–water partition coefficient (Wildman–Crippen LogP) is 0.741. The number of nitrogens with two attached hydrogens (primary N) is 1. The summed E-state index contributed by atoms with van der Waals surface area (Å²) in [4.78, 5) is 13.6. The zero-order valence-corrected chi connectivity index (χ0v) is 9.69. The topological polar surface area (TPSA) is 72.4 Å². The van der Waals surface area contributed by atoms with Crippen molar-refractivity contribution in [2.24, 2.45) is 5.73 Å². The number of carbonyl (C=O) groups excluding carboxylic acids is 1. The van der Waals surface area contributed by atoms with Crippen molar-refractivity contribution < 1.29 is 9.32 Å². The van der Waals surface area contributed by atoms with Crippen LogP contribution in [0.2, 0.25) is 0 Å². The van der Waals surface area contributed by atoms with Crippen molar-refractivity contribution in [1.29, 1.82) is 0 Å². The molecule has 0 aromatic carbocycles. The molecule has 5 nitrogen and oxygen atoms in total. The Balaban J connectivity index is 2.08. The van der Waals surface area contributed by atoms with Gasteiger partial charge >= 0.3 is 0 Å². The highest BCUT2D eigenvalue weighted by Crippen LogP contribution is 2.18. The van der Waals surface area contributed by atoms with Crippen molar-refractivity contribution >= 4 is 5.91 Å². The standard InChI is InChI=1S/C11H17N3O2/c1-7-10(8(2)16-13-7)6-14-4-3-9(12)5-11(14)15/h9H,3-6,12H2,1-2H3. The number of piperidine rings is 1. The molecule has 2 N–H and O–H groups in total. The molecular weight excluding hydrogens is 206 g/mol. The van der Waals surface area contributed by atoms with Gasteiger partial charge in [0.1, 0.15) is 5.76 Å². The lowest BCUT2D eigenvalue weighted by molar-refractivity contribution is -0.134. The zero-order chi connectivity index (χ0) is 11.7. The summed E-state index contributed by atoms with van der Waals surface area (Å²) in [6.07, 6.45) is 1.32. The molecule has 16 heavy (non-hydrogen) atoms. The molecule has 1 amide bonds. The molecule has 0 aliphatic carbocycles. The molecule has 1 fully saturated rings. The van der Waals surface area contributed by atoms with Crippen LogP contribution in [0.4, 0.5) is 0 Å². The van der Waals surface area contributed by atoms with E-state index in [2.05, 4.69) is 5.16 Å². The Labute approximate surface area is 94.6 Å². The molecule has 0 saturated carbocycles. The molecular formula is C11H17N3O2. The van der Waals surface area contributed by atoms with Gasteiger partial charge in [-0.05, 0) is 20.3 Å². The molecule has 0 bridgehead atoms. The van der Waals surface area contributed by atoms with Gasteiger partial charge in [-0.25, -0.2) is 0 Å². The largest absolute Gasteiger partial charge is 0.361 e. The molecule has 1 atom stereocenters. The Kier molecular flexibility index (Phi) is 2.96. The second-order valence-corrected chi connectivity index (χ2v) is 4.37. The van der Waals surface area contributed by atoms with Crippen LogP contribution in [-0.2, 0) is 11.3 Å². The highest BCUT2D eigenvalue weighted by atomic mass is 16.5. The maximum atomic E-state index is 11.7. The number of carbonyl (C=O) groups is 1. The number of nitrogens with zero attached hydrogens (tertiary/aromatic N) is 2. The smallest absolute Gasteiger partial charge is 0.224 e. The van der Waals surface area contributed by atoms with Crippen molar-refractivity contribution in [2.75, 3.05) is 6.54 Å². The Morgan fingerprint density at radius 3 is 2.88 bits per heavy atom. The van der Waals surface area contributed by atoms with Gasteiger partial charge in [-0.15, -0.1) is 0 Å². The fourth-order valence-corrected chi connectivity index (χ4v) is 1.99. The maximum Gasteiger partial charge on any atom is 0.224 e. The van der Waals surface area contributed by atoms with Gasteiger partial charge < -0.3 is 15.2 Å². The summed E-state index contributed by atoms with van der Waals surface area (Å²) in [6, 6.07) is 0.0217. The lowest BCUT2D eigenvalue weighted by Gasteiger charge is -2.29. The number of likely N-dealkylation sites (tertiary alicyclic amines) is 1. The normalized spacial score (nSPS) is 21.6. The van der Waals surface area contributed by atoms with E-state index in [-0.39, 0.29) is 11.9 Å². The van der Waals surface area contributed by atoms with E-state index < -0.39 is 0 Å². The number of aromatic nitrogens is 1. The van der Waals surface area contributed by atoms with Gasteiger partial charge in [0.05, 0.1) is 12.2 Å². The van der Waals surface area contributed by atoms with Crippen LogP contribution in [0.3, 0.4) is 0 Å². The van der Waals surface area contributed by atoms with Gasteiger partial charge in [0.25, 0.3) is 0 Å². The van der Waals surface area contributed by atoms with Gasteiger partial charge in [-0.2, -0.15) is 0 Å². The minimum atomic E-state index is 0.0217. The minimum Gasteiger partial charge on any atom is -0.361 e. The van der Waals surface area contributed by atoms with E-state index in [0.717, 1.165) is 30.0 Å². The maximum absolute atomic E-state index is 11.7. The van der Waals surface area contributed by atoms with E-state index in [0.29, 0.717) is 13.0 Å². The van der Waals surface area contributed by atoms with Gasteiger partial charge in [0.15, 0.2) is 0 Å². The molecule has 1 aliphatic heterocycles. The SMILES string of the molecule is Cc1noc(C)c1CN1CCC(N)CC1=O. The molecule has 2 heterocycles. The monoisotopic (exact) mass is 223 g/mol. The van der Waals surface area contributed by atoms with E-state index in [1.807, 2.05) is 18.7 Å². The third-order valence-corrected chi connectivity index (χ3v) is 3.09. The third kappa shape index (κ3) is 2.09. The lowest BCUT2D eigenvalue weighted by atomic mass is 10.0. The molecule has 2 rings (SSSR count). The van der Waals surface area contributed by atoms with Gasteiger partial charge in [-0.3, -0.25) is 4.79 Å². The zero-order valence-electron chi connectivity index (χ0n) is 9.69. The van der Waals surface area contributed by atoms with Crippen molar-refractivity contribution in [3.63, 3.8) is 0 Å². The third-order valence-electron chi connectivity index (χ3n) is 3.09. The first-order valence-electron chi connectivity index (χ1n) is 5.53. The predicted molar refractivity (Wildman–Crippen MR) is 58.6 cm³/mol. The van der Waals surface area contributed by atoms with Gasteiger partial charge in [0, 0.05) is 24.6 Å². The van der Waals surface area contributed by atoms with Crippen molar-refractivity contribution in [2.45, 2.75) is 39.3 Å². The van der Waals surface area contributed by atoms with E-state index in [9.17, 15) is 4.79 Å². The molecule has 1 aromatic rings. The molecule has 1 aromatic heterocycles. The van der Waals surface area contributed by atoms with Crippen LogP contribution < -0.4 is 5.73 Å². The number of hydrogen-bond donors (Lipinski definition) is 1. The second kappa shape index (κ2) is 4.25. The van der Waals surface area contributed by atoms with Crippen molar-refractivity contribution in [3.05, 3.63) is 17.0 Å². The quantitative estimate of drug-likeness (QED) is 0.802. The summed E-state index contributed by atoms with van der Waals surface area (Å²) >= 11 is 0. The first kappa shape index (κ1) is 11.1. The average Bonchev–Trinajstić information content (AvgIpc) is 2.53. The van der Waals surface area contributed by atoms with Crippen LogP contribution in [0.25, 0.3) is 0 Å². The van der Waals surface area contributed by atoms with Crippen LogP contribution in [-0.4, -0.2) is 28.6 Å². The number of rotatable bonds is 2. The first-order valence-corrected chi connectivity index (χ1v) is 5.53. The van der Waals surface area contributed by atoms with E-state index in [4.69, 9.17) is 10.3 Å². The molecule has 0 radical (unpaired) electrons. The summed E-state index contributed by atoms with van der Waals surface area (Å²) in [5, 5.41) is 3.88. The molecule has 0 spiro atoms. The lowest BCUT2D eigenvalue weighted by Crippen LogP contribution is -2.43. The Morgan fingerprint density at radius 2 is 2.31 bits per heavy atom. The summed E-state index contributed by atoms with van der Waals surface area (Å²) in [5.74, 6) is 0.916. The summed E-state index contributed by atoms with van der Waals surface area (Å²) < 4.78 is 5.08.